The monoisotopic (exact) mass is 254 g/mol. The Morgan fingerprint density at radius 1 is 1.12 bits per heavy atom. The van der Waals surface area contributed by atoms with E-state index in [1.807, 2.05) is 5.01 Å². The van der Waals surface area contributed by atoms with Gasteiger partial charge in [0, 0.05) is 13.1 Å². The average molecular weight is 254 g/mol. The Kier molecular flexibility index (Phi) is 3.39. The fraction of sp³-hybridized carbons (Fsp3) is 0.400. The van der Waals surface area contributed by atoms with Gasteiger partial charge in [0.1, 0.15) is 10.1 Å². The highest BCUT2D eigenvalue weighted by Crippen LogP contribution is 2.18. The van der Waals surface area contributed by atoms with Gasteiger partial charge in [0.15, 0.2) is 0 Å². The number of hydrogen-bond donors (Lipinski definition) is 0. The van der Waals surface area contributed by atoms with Gasteiger partial charge in [-0.25, -0.2) is 8.42 Å². The third-order valence-electron chi connectivity index (χ3n) is 2.49. The maximum Gasteiger partial charge on any atom is 0.124 e. The SMILES string of the molecule is O=S(=O)([O-])c1ccc(N=NN2CCCC2)cc1. The lowest BCUT2D eigenvalue weighted by Gasteiger charge is -2.08. The van der Waals surface area contributed by atoms with Crippen LogP contribution in [-0.2, 0) is 10.1 Å². The van der Waals surface area contributed by atoms with E-state index in [2.05, 4.69) is 10.3 Å². The van der Waals surface area contributed by atoms with Crippen LogP contribution in [-0.4, -0.2) is 31.1 Å². The van der Waals surface area contributed by atoms with Crippen molar-refractivity contribution in [3.05, 3.63) is 24.3 Å². The molecule has 1 aromatic carbocycles. The van der Waals surface area contributed by atoms with Gasteiger partial charge >= 0.3 is 0 Å². The zero-order chi connectivity index (χ0) is 12.3. The first-order valence-electron chi connectivity index (χ1n) is 5.28. The molecule has 0 aliphatic carbocycles. The predicted molar refractivity (Wildman–Crippen MR) is 59.7 cm³/mol. The van der Waals surface area contributed by atoms with E-state index in [9.17, 15) is 13.0 Å². The van der Waals surface area contributed by atoms with Crippen LogP contribution in [0.4, 0.5) is 5.69 Å². The number of rotatable bonds is 3. The summed E-state index contributed by atoms with van der Waals surface area (Å²) in [4.78, 5) is -0.252. The van der Waals surface area contributed by atoms with Gasteiger partial charge in [-0.15, -0.1) is 5.11 Å². The first kappa shape index (κ1) is 12.0. The van der Waals surface area contributed by atoms with Crippen molar-refractivity contribution in [1.82, 2.24) is 5.01 Å². The van der Waals surface area contributed by atoms with Crippen molar-refractivity contribution < 1.29 is 13.0 Å². The highest BCUT2D eigenvalue weighted by Gasteiger charge is 2.08. The van der Waals surface area contributed by atoms with Crippen LogP contribution in [0, 0.1) is 0 Å². The molecule has 1 aromatic rings. The van der Waals surface area contributed by atoms with Gasteiger partial charge in [-0.3, -0.25) is 5.01 Å². The largest absolute Gasteiger partial charge is 0.744 e. The molecule has 0 saturated carbocycles. The molecule has 0 atom stereocenters. The van der Waals surface area contributed by atoms with Crippen molar-refractivity contribution in [2.24, 2.45) is 10.3 Å². The van der Waals surface area contributed by atoms with E-state index in [0.29, 0.717) is 5.69 Å². The third kappa shape index (κ3) is 3.24. The van der Waals surface area contributed by atoms with E-state index in [0.717, 1.165) is 25.9 Å². The average Bonchev–Trinajstić information content (AvgIpc) is 2.78. The molecule has 1 saturated heterocycles. The van der Waals surface area contributed by atoms with Crippen LogP contribution in [0.15, 0.2) is 39.5 Å². The zero-order valence-corrected chi connectivity index (χ0v) is 9.93. The Morgan fingerprint density at radius 2 is 1.71 bits per heavy atom. The van der Waals surface area contributed by atoms with Gasteiger partial charge in [-0.05, 0) is 37.1 Å². The molecule has 2 rings (SSSR count). The smallest absolute Gasteiger partial charge is 0.124 e. The van der Waals surface area contributed by atoms with E-state index in [1.165, 1.54) is 24.3 Å². The molecule has 0 aromatic heterocycles. The fourth-order valence-electron chi connectivity index (χ4n) is 1.58. The van der Waals surface area contributed by atoms with Gasteiger partial charge in [-0.2, -0.15) is 0 Å². The molecular weight excluding hydrogens is 242 g/mol. The van der Waals surface area contributed by atoms with Crippen molar-refractivity contribution in [3.8, 4) is 0 Å². The molecular formula is C10H12N3O3S-. The summed E-state index contributed by atoms with van der Waals surface area (Å²) in [6.45, 7) is 1.80. The van der Waals surface area contributed by atoms with Crippen LogP contribution in [0.2, 0.25) is 0 Å². The van der Waals surface area contributed by atoms with Crippen molar-refractivity contribution in [2.45, 2.75) is 17.7 Å². The van der Waals surface area contributed by atoms with E-state index >= 15 is 0 Å². The highest BCUT2D eigenvalue weighted by atomic mass is 32.2. The molecule has 1 aliphatic heterocycles. The summed E-state index contributed by atoms with van der Waals surface area (Å²) in [5, 5.41) is 9.84. The van der Waals surface area contributed by atoms with Crippen molar-refractivity contribution in [2.75, 3.05) is 13.1 Å². The van der Waals surface area contributed by atoms with Crippen molar-refractivity contribution in [1.29, 1.82) is 0 Å². The minimum atomic E-state index is -4.38. The van der Waals surface area contributed by atoms with E-state index < -0.39 is 10.1 Å². The zero-order valence-electron chi connectivity index (χ0n) is 9.11. The predicted octanol–water partition coefficient (Wildman–Crippen LogP) is 1.69. The molecule has 17 heavy (non-hydrogen) atoms. The molecule has 7 heteroatoms. The van der Waals surface area contributed by atoms with Crippen LogP contribution in [0.3, 0.4) is 0 Å². The van der Waals surface area contributed by atoms with Gasteiger partial charge in [-0.1, -0.05) is 5.22 Å². The number of nitrogens with zero attached hydrogens (tertiary/aromatic N) is 3. The molecule has 0 spiro atoms. The minimum Gasteiger partial charge on any atom is -0.744 e. The lowest BCUT2D eigenvalue weighted by molar-refractivity contribution is 0.336. The summed E-state index contributed by atoms with van der Waals surface area (Å²) in [5.74, 6) is 0. The van der Waals surface area contributed by atoms with Crippen LogP contribution in [0.25, 0.3) is 0 Å². The molecule has 0 amide bonds. The Balaban J connectivity index is 2.08. The maximum absolute atomic E-state index is 10.7. The summed E-state index contributed by atoms with van der Waals surface area (Å²) in [6.07, 6.45) is 2.23. The molecule has 0 unspecified atom stereocenters. The molecule has 0 radical (unpaired) electrons. The fourth-order valence-corrected chi connectivity index (χ4v) is 2.05. The third-order valence-corrected chi connectivity index (χ3v) is 3.34. The molecule has 1 heterocycles. The van der Waals surface area contributed by atoms with E-state index in [1.54, 1.807) is 0 Å². The summed E-state index contributed by atoms with van der Waals surface area (Å²) in [5.41, 5.74) is 0.532. The van der Waals surface area contributed by atoms with Crippen LogP contribution in [0.5, 0.6) is 0 Å². The number of benzene rings is 1. The second-order valence-corrected chi connectivity index (χ2v) is 5.18. The summed E-state index contributed by atoms with van der Waals surface area (Å²) in [6, 6.07) is 5.40. The number of hydrogen-bond acceptors (Lipinski definition) is 5. The van der Waals surface area contributed by atoms with Crippen LogP contribution < -0.4 is 0 Å². The molecule has 6 nitrogen and oxygen atoms in total. The van der Waals surface area contributed by atoms with Gasteiger partial charge < -0.3 is 4.55 Å². The molecule has 1 aliphatic rings. The van der Waals surface area contributed by atoms with Crippen molar-refractivity contribution >= 4 is 15.8 Å². The van der Waals surface area contributed by atoms with Crippen LogP contribution in [0.1, 0.15) is 12.8 Å². The highest BCUT2D eigenvalue weighted by molar-refractivity contribution is 7.85. The standard InChI is InChI=1S/C10H13N3O3S/c14-17(15,16)10-5-3-9(4-6-10)11-12-13-7-1-2-8-13/h3-6H,1-2,7-8H2,(H,14,15,16)/p-1. The normalized spacial score (nSPS) is 16.9. The minimum absolute atomic E-state index is 0.252. The maximum atomic E-state index is 10.7. The Morgan fingerprint density at radius 3 is 2.24 bits per heavy atom. The summed E-state index contributed by atoms with van der Waals surface area (Å²) in [7, 11) is -4.38. The first-order valence-corrected chi connectivity index (χ1v) is 6.69. The Hall–Kier alpha value is -1.47. The molecule has 1 fully saturated rings. The molecule has 92 valence electrons. The summed E-state index contributed by atoms with van der Waals surface area (Å²) < 4.78 is 32.1. The van der Waals surface area contributed by atoms with Crippen LogP contribution >= 0.6 is 0 Å². The molecule has 0 N–H and O–H groups in total. The van der Waals surface area contributed by atoms with Crippen molar-refractivity contribution in [3.63, 3.8) is 0 Å². The quantitative estimate of drug-likeness (QED) is 0.606. The molecule has 0 bridgehead atoms. The summed E-state index contributed by atoms with van der Waals surface area (Å²) >= 11 is 0. The Labute approximate surface area is 99.7 Å². The van der Waals surface area contributed by atoms with E-state index in [-0.39, 0.29) is 4.90 Å². The first-order chi connectivity index (χ1) is 8.05. The second kappa shape index (κ2) is 4.80. The van der Waals surface area contributed by atoms with E-state index in [4.69, 9.17) is 0 Å². The Bertz CT molecular complexity index is 504. The topological polar surface area (TPSA) is 85.2 Å². The lowest BCUT2D eigenvalue weighted by Crippen LogP contribution is -2.09. The van der Waals surface area contributed by atoms with Gasteiger partial charge in [0.2, 0.25) is 0 Å². The lowest BCUT2D eigenvalue weighted by atomic mass is 10.3. The van der Waals surface area contributed by atoms with Gasteiger partial charge in [0.05, 0.1) is 10.6 Å². The van der Waals surface area contributed by atoms with Gasteiger partial charge in [0.25, 0.3) is 0 Å². The second-order valence-electron chi connectivity index (χ2n) is 3.80.